The number of carbonyl (C=O) groups excluding carboxylic acids is 1. The van der Waals surface area contributed by atoms with Gasteiger partial charge in [-0.05, 0) is 24.5 Å². The Bertz CT molecular complexity index is 376. The van der Waals surface area contributed by atoms with Gasteiger partial charge < -0.3 is 5.32 Å². The summed E-state index contributed by atoms with van der Waals surface area (Å²) in [6.07, 6.45) is 3.15. The number of nitrogens with one attached hydrogen (secondary N) is 1. The fraction of sp³-hybridized carbons (Fsp3) is 0.462. The van der Waals surface area contributed by atoms with E-state index in [2.05, 4.69) is 18.3 Å². The summed E-state index contributed by atoms with van der Waals surface area (Å²) in [5, 5.41) is 2.89. The number of urea groups is 1. The molecule has 86 valence electrons. The van der Waals surface area contributed by atoms with Crippen LogP contribution in [0.2, 0.25) is 0 Å². The van der Waals surface area contributed by atoms with Gasteiger partial charge in [-0.15, -0.1) is 0 Å². The summed E-state index contributed by atoms with van der Waals surface area (Å²) in [4.78, 5) is 13.6. The van der Waals surface area contributed by atoms with E-state index >= 15 is 0 Å². The highest BCUT2D eigenvalue weighted by atomic mass is 16.2. The second-order valence-corrected chi connectivity index (χ2v) is 4.12. The Labute approximate surface area is 96.5 Å². The van der Waals surface area contributed by atoms with Crippen LogP contribution in [0.25, 0.3) is 0 Å². The summed E-state index contributed by atoms with van der Waals surface area (Å²) in [5.41, 5.74) is 2.34. The van der Waals surface area contributed by atoms with Crippen molar-refractivity contribution in [3.8, 4) is 0 Å². The highest BCUT2D eigenvalue weighted by molar-refractivity contribution is 5.93. The molecule has 0 bridgehead atoms. The lowest BCUT2D eigenvalue weighted by atomic mass is 10.1. The largest absolute Gasteiger partial charge is 0.338 e. The van der Waals surface area contributed by atoms with Crippen molar-refractivity contribution in [1.29, 1.82) is 0 Å². The molecule has 0 atom stereocenters. The fourth-order valence-electron chi connectivity index (χ4n) is 2.11. The normalized spacial score (nSPS) is 16.1. The molecule has 2 amide bonds. The summed E-state index contributed by atoms with van der Waals surface area (Å²) in [5.74, 6) is 0. The molecule has 1 heterocycles. The third kappa shape index (κ3) is 2.18. The Morgan fingerprint density at radius 3 is 2.94 bits per heavy atom. The highest BCUT2D eigenvalue weighted by Gasteiger charge is 2.20. The average molecular weight is 218 g/mol. The minimum Gasteiger partial charge on any atom is -0.338 e. The smallest absolute Gasteiger partial charge is 0.321 e. The van der Waals surface area contributed by atoms with Gasteiger partial charge in [0, 0.05) is 18.8 Å². The van der Waals surface area contributed by atoms with Gasteiger partial charge in [-0.3, -0.25) is 4.90 Å². The average Bonchev–Trinajstić information content (AvgIpc) is 2.31. The minimum atomic E-state index is 0.0369. The summed E-state index contributed by atoms with van der Waals surface area (Å²) in [6.45, 7) is 3.78. The number of aryl methyl sites for hydroxylation is 1. The van der Waals surface area contributed by atoms with Crippen molar-refractivity contribution in [2.24, 2.45) is 0 Å². The van der Waals surface area contributed by atoms with E-state index < -0.39 is 0 Å². The summed E-state index contributed by atoms with van der Waals surface area (Å²) < 4.78 is 0. The lowest BCUT2D eigenvalue weighted by Crippen LogP contribution is -2.46. The molecule has 0 unspecified atom stereocenters. The van der Waals surface area contributed by atoms with Gasteiger partial charge in [0.15, 0.2) is 0 Å². The number of hydrogen-bond donors (Lipinski definition) is 1. The third-order valence-corrected chi connectivity index (χ3v) is 2.88. The molecule has 1 aliphatic heterocycles. The highest BCUT2D eigenvalue weighted by Crippen LogP contribution is 2.23. The Kier molecular flexibility index (Phi) is 3.44. The number of nitrogens with zero attached hydrogens (tertiary/aromatic N) is 1. The molecule has 1 aliphatic rings. The van der Waals surface area contributed by atoms with Crippen LogP contribution >= 0.6 is 0 Å². The molecule has 1 N–H and O–H groups in total. The van der Waals surface area contributed by atoms with Crippen LogP contribution in [0.15, 0.2) is 24.3 Å². The maximum absolute atomic E-state index is 11.8. The molecule has 1 aromatic rings. The first-order valence-electron chi connectivity index (χ1n) is 5.96. The molecule has 0 radical (unpaired) electrons. The van der Waals surface area contributed by atoms with E-state index in [0.29, 0.717) is 0 Å². The van der Waals surface area contributed by atoms with E-state index in [1.54, 1.807) is 0 Å². The maximum Gasteiger partial charge on any atom is 0.321 e. The molecule has 3 heteroatoms. The van der Waals surface area contributed by atoms with Crippen molar-refractivity contribution in [3.05, 3.63) is 29.8 Å². The van der Waals surface area contributed by atoms with Gasteiger partial charge in [0.25, 0.3) is 0 Å². The molecular formula is C13H18N2O. The summed E-state index contributed by atoms with van der Waals surface area (Å²) >= 11 is 0. The maximum atomic E-state index is 11.8. The number of rotatable bonds is 3. The van der Waals surface area contributed by atoms with Gasteiger partial charge in [0.1, 0.15) is 0 Å². The van der Waals surface area contributed by atoms with E-state index in [-0.39, 0.29) is 6.03 Å². The Morgan fingerprint density at radius 1 is 1.38 bits per heavy atom. The molecule has 0 saturated carbocycles. The Hall–Kier alpha value is -1.51. The Morgan fingerprint density at radius 2 is 2.19 bits per heavy atom. The number of anilines is 1. The number of amides is 2. The SMILES string of the molecule is CCCc1ccccc1N1CCCNC1=O. The minimum absolute atomic E-state index is 0.0369. The van der Waals surface area contributed by atoms with Crippen molar-refractivity contribution < 1.29 is 4.79 Å². The predicted octanol–water partition coefficient (Wildman–Crippen LogP) is 2.56. The second kappa shape index (κ2) is 5.01. The molecule has 1 aromatic carbocycles. The van der Waals surface area contributed by atoms with Gasteiger partial charge in [-0.25, -0.2) is 4.79 Å². The first-order chi connectivity index (χ1) is 7.83. The number of benzene rings is 1. The molecule has 16 heavy (non-hydrogen) atoms. The molecular weight excluding hydrogens is 200 g/mol. The number of carbonyl (C=O) groups is 1. The van der Waals surface area contributed by atoms with Gasteiger partial charge in [-0.1, -0.05) is 31.5 Å². The van der Waals surface area contributed by atoms with Crippen molar-refractivity contribution in [1.82, 2.24) is 5.32 Å². The molecule has 3 nitrogen and oxygen atoms in total. The Balaban J connectivity index is 2.27. The van der Waals surface area contributed by atoms with Gasteiger partial charge in [0.05, 0.1) is 0 Å². The van der Waals surface area contributed by atoms with E-state index in [1.807, 2.05) is 23.1 Å². The van der Waals surface area contributed by atoms with Gasteiger partial charge in [0.2, 0.25) is 0 Å². The second-order valence-electron chi connectivity index (χ2n) is 4.12. The van der Waals surface area contributed by atoms with E-state index in [1.165, 1.54) is 5.56 Å². The number of para-hydroxylation sites is 1. The topological polar surface area (TPSA) is 32.3 Å². The lowest BCUT2D eigenvalue weighted by molar-refractivity contribution is 0.243. The lowest BCUT2D eigenvalue weighted by Gasteiger charge is -2.29. The van der Waals surface area contributed by atoms with Crippen molar-refractivity contribution in [3.63, 3.8) is 0 Å². The predicted molar refractivity (Wildman–Crippen MR) is 65.8 cm³/mol. The van der Waals surface area contributed by atoms with Crippen LogP contribution in [-0.4, -0.2) is 19.1 Å². The van der Waals surface area contributed by atoms with Gasteiger partial charge >= 0.3 is 6.03 Å². The van der Waals surface area contributed by atoms with Crippen LogP contribution in [0.3, 0.4) is 0 Å². The van der Waals surface area contributed by atoms with Gasteiger partial charge in [-0.2, -0.15) is 0 Å². The molecule has 2 rings (SSSR count). The van der Waals surface area contributed by atoms with Crippen molar-refractivity contribution in [2.75, 3.05) is 18.0 Å². The zero-order valence-corrected chi connectivity index (χ0v) is 9.70. The molecule has 0 aliphatic carbocycles. The fourth-order valence-corrected chi connectivity index (χ4v) is 2.11. The number of hydrogen-bond acceptors (Lipinski definition) is 1. The zero-order chi connectivity index (χ0) is 11.4. The van der Waals surface area contributed by atoms with E-state index in [4.69, 9.17) is 0 Å². The van der Waals surface area contributed by atoms with Crippen LogP contribution in [0.1, 0.15) is 25.3 Å². The first kappa shape index (κ1) is 11.0. The molecule has 1 saturated heterocycles. The van der Waals surface area contributed by atoms with Crippen molar-refractivity contribution in [2.45, 2.75) is 26.2 Å². The molecule has 0 aromatic heterocycles. The van der Waals surface area contributed by atoms with E-state index in [0.717, 1.165) is 38.0 Å². The van der Waals surface area contributed by atoms with E-state index in [9.17, 15) is 4.79 Å². The zero-order valence-electron chi connectivity index (χ0n) is 9.70. The summed E-state index contributed by atoms with van der Waals surface area (Å²) in [7, 11) is 0. The third-order valence-electron chi connectivity index (χ3n) is 2.88. The monoisotopic (exact) mass is 218 g/mol. The van der Waals surface area contributed by atoms with Crippen LogP contribution in [-0.2, 0) is 6.42 Å². The van der Waals surface area contributed by atoms with Crippen LogP contribution in [0, 0.1) is 0 Å². The molecule has 0 spiro atoms. The summed E-state index contributed by atoms with van der Waals surface area (Å²) in [6, 6.07) is 8.22. The van der Waals surface area contributed by atoms with Crippen LogP contribution in [0.5, 0.6) is 0 Å². The molecule has 1 fully saturated rings. The van der Waals surface area contributed by atoms with Crippen LogP contribution in [0.4, 0.5) is 10.5 Å². The first-order valence-corrected chi connectivity index (χ1v) is 5.96. The van der Waals surface area contributed by atoms with Crippen LogP contribution < -0.4 is 10.2 Å². The quantitative estimate of drug-likeness (QED) is 0.830. The van der Waals surface area contributed by atoms with Crippen molar-refractivity contribution >= 4 is 11.7 Å². The standard InChI is InChI=1S/C13H18N2O/c1-2-6-11-7-3-4-8-12(11)15-10-5-9-14-13(15)16/h3-4,7-8H,2,5-6,9-10H2,1H3,(H,14,16).